The molecule has 0 amide bonds. The third-order valence-corrected chi connectivity index (χ3v) is 2.17. The Morgan fingerprint density at radius 3 is 2.93 bits per heavy atom. The summed E-state index contributed by atoms with van der Waals surface area (Å²) in [7, 11) is 1.52. The van der Waals surface area contributed by atoms with E-state index in [0.717, 1.165) is 0 Å². The van der Waals surface area contributed by atoms with Gasteiger partial charge in [-0.2, -0.15) is 0 Å². The fourth-order valence-corrected chi connectivity index (χ4v) is 1.36. The van der Waals surface area contributed by atoms with Crippen LogP contribution in [0.15, 0.2) is 36.9 Å². The van der Waals surface area contributed by atoms with Gasteiger partial charge in [-0.05, 0) is 6.07 Å². The Morgan fingerprint density at radius 2 is 2.33 bits per heavy atom. The summed E-state index contributed by atoms with van der Waals surface area (Å²) in [5, 5.41) is 0. The Balaban J connectivity index is 2.22. The van der Waals surface area contributed by atoms with Crippen molar-refractivity contribution in [1.29, 1.82) is 0 Å². The van der Waals surface area contributed by atoms with E-state index in [1.165, 1.54) is 13.2 Å². The summed E-state index contributed by atoms with van der Waals surface area (Å²) in [5.74, 6) is 0.268. The molecule has 78 valence electrons. The third-order valence-electron chi connectivity index (χ3n) is 2.17. The van der Waals surface area contributed by atoms with Crippen molar-refractivity contribution in [1.82, 2.24) is 9.55 Å². The number of ether oxygens (including phenoxy) is 1. The van der Waals surface area contributed by atoms with E-state index in [9.17, 15) is 4.39 Å². The minimum atomic E-state index is -0.261. The molecule has 1 aromatic carbocycles. The molecule has 0 saturated heterocycles. The van der Waals surface area contributed by atoms with Crippen molar-refractivity contribution in [2.45, 2.75) is 6.54 Å². The second-order valence-corrected chi connectivity index (χ2v) is 3.19. The number of imidazole rings is 1. The first kappa shape index (κ1) is 9.71. The lowest BCUT2D eigenvalue weighted by Crippen LogP contribution is -1.99. The van der Waals surface area contributed by atoms with Crippen molar-refractivity contribution in [3.8, 4) is 5.75 Å². The maximum atomic E-state index is 13.5. The van der Waals surface area contributed by atoms with Gasteiger partial charge in [-0.3, -0.25) is 0 Å². The van der Waals surface area contributed by atoms with Crippen LogP contribution in [-0.2, 0) is 6.54 Å². The van der Waals surface area contributed by atoms with Gasteiger partial charge in [0.05, 0.1) is 20.0 Å². The SMILES string of the molecule is COc1ccc(Cn2ccnc2)c(F)c1. The van der Waals surface area contributed by atoms with E-state index in [1.54, 1.807) is 30.9 Å². The summed E-state index contributed by atoms with van der Waals surface area (Å²) in [5.41, 5.74) is 0.619. The predicted octanol–water partition coefficient (Wildman–Crippen LogP) is 2.08. The monoisotopic (exact) mass is 206 g/mol. The van der Waals surface area contributed by atoms with Crippen molar-refractivity contribution in [2.24, 2.45) is 0 Å². The van der Waals surface area contributed by atoms with E-state index in [-0.39, 0.29) is 5.82 Å². The molecule has 2 rings (SSSR count). The van der Waals surface area contributed by atoms with Crippen LogP contribution < -0.4 is 4.74 Å². The number of halogens is 1. The first-order valence-corrected chi connectivity index (χ1v) is 4.58. The zero-order valence-corrected chi connectivity index (χ0v) is 8.35. The molecule has 0 aliphatic heterocycles. The van der Waals surface area contributed by atoms with Crippen LogP contribution >= 0.6 is 0 Å². The van der Waals surface area contributed by atoms with Gasteiger partial charge in [0.25, 0.3) is 0 Å². The van der Waals surface area contributed by atoms with E-state index < -0.39 is 0 Å². The fraction of sp³-hybridized carbons (Fsp3) is 0.182. The molecule has 2 aromatic rings. The molecule has 0 N–H and O–H groups in total. The number of hydrogen-bond acceptors (Lipinski definition) is 2. The quantitative estimate of drug-likeness (QED) is 0.768. The van der Waals surface area contributed by atoms with Crippen LogP contribution in [0.3, 0.4) is 0 Å². The lowest BCUT2D eigenvalue weighted by molar-refractivity contribution is 0.410. The largest absolute Gasteiger partial charge is 0.497 e. The molecule has 1 heterocycles. The van der Waals surface area contributed by atoms with Gasteiger partial charge in [0.15, 0.2) is 0 Å². The summed E-state index contributed by atoms with van der Waals surface area (Å²) in [4.78, 5) is 3.90. The van der Waals surface area contributed by atoms with Crippen molar-refractivity contribution < 1.29 is 9.13 Å². The molecule has 4 heteroatoms. The summed E-state index contributed by atoms with van der Waals surface area (Å²) >= 11 is 0. The van der Waals surface area contributed by atoms with Crippen LogP contribution in [-0.4, -0.2) is 16.7 Å². The van der Waals surface area contributed by atoms with Gasteiger partial charge in [-0.15, -0.1) is 0 Å². The number of rotatable bonds is 3. The standard InChI is InChI=1S/C11H11FN2O/c1-15-10-3-2-9(11(12)6-10)7-14-5-4-13-8-14/h2-6,8H,7H2,1H3. The zero-order valence-electron chi connectivity index (χ0n) is 8.35. The van der Waals surface area contributed by atoms with Crippen LogP contribution in [0.4, 0.5) is 4.39 Å². The molecule has 0 bridgehead atoms. The minimum absolute atomic E-state index is 0.261. The smallest absolute Gasteiger partial charge is 0.131 e. The second kappa shape index (κ2) is 4.13. The average molecular weight is 206 g/mol. The zero-order chi connectivity index (χ0) is 10.7. The first-order chi connectivity index (χ1) is 7.29. The van der Waals surface area contributed by atoms with Crippen LogP contribution in [0.2, 0.25) is 0 Å². The van der Waals surface area contributed by atoms with Crippen LogP contribution in [0.5, 0.6) is 5.75 Å². The molecule has 15 heavy (non-hydrogen) atoms. The number of benzene rings is 1. The molecular weight excluding hydrogens is 195 g/mol. The van der Waals surface area contributed by atoms with Crippen LogP contribution in [0.1, 0.15) is 5.56 Å². The second-order valence-electron chi connectivity index (χ2n) is 3.19. The summed E-state index contributed by atoms with van der Waals surface area (Å²) in [6.07, 6.45) is 5.12. The highest BCUT2D eigenvalue weighted by molar-refractivity contribution is 5.29. The van der Waals surface area contributed by atoms with Crippen molar-refractivity contribution >= 4 is 0 Å². The van der Waals surface area contributed by atoms with Gasteiger partial charge >= 0.3 is 0 Å². The number of hydrogen-bond donors (Lipinski definition) is 0. The molecule has 0 fully saturated rings. The molecule has 1 aromatic heterocycles. The normalized spacial score (nSPS) is 10.3. The van der Waals surface area contributed by atoms with Crippen molar-refractivity contribution in [3.63, 3.8) is 0 Å². The fourth-order valence-electron chi connectivity index (χ4n) is 1.36. The Morgan fingerprint density at radius 1 is 1.47 bits per heavy atom. The third kappa shape index (κ3) is 2.15. The highest BCUT2D eigenvalue weighted by Crippen LogP contribution is 2.16. The van der Waals surface area contributed by atoms with E-state index in [0.29, 0.717) is 17.9 Å². The number of aromatic nitrogens is 2. The van der Waals surface area contributed by atoms with Gasteiger partial charge in [-0.25, -0.2) is 9.37 Å². The Hall–Kier alpha value is -1.84. The van der Waals surface area contributed by atoms with Crippen molar-refractivity contribution in [2.75, 3.05) is 7.11 Å². The van der Waals surface area contributed by atoms with Gasteiger partial charge < -0.3 is 9.30 Å². The highest BCUT2D eigenvalue weighted by Gasteiger charge is 2.04. The van der Waals surface area contributed by atoms with Crippen molar-refractivity contribution in [3.05, 3.63) is 48.3 Å². The van der Waals surface area contributed by atoms with E-state index in [2.05, 4.69) is 4.98 Å². The Bertz CT molecular complexity index is 440. The average Bonchev–Trinajstić information content (AvgIpc) is 2.74. The number of nitrogens with zero attached hydrogens (tertiary/aromatic N) is 2. The maximum Gasteiger partial charge on any atom is 0.131 e. The van der Waals surface area contributed by atoms with Gasteiger partial charge in [0.1, 0.15) is 11.6 Å². The maximum absolute atomic E-state index is 13.5. The summed E-state index contributed by atoms with van der Waals surface area (Å²) in [6, 6.07) is 4.84. The Kier molecular flexibility index (Phi) is 2.67. The van der Waals surface area contributed by atoms with Crippen LogP contribution in [0, 0.1) is 5.82 Å². The van der Waals surface area contributed by atoms with Crippen LogP contribution in [0.25, 0.3) is 0 Å². The molecule has 0 spiro atoms. The predicted molar refractivity (Wildman–Crippen MR) is 54.3 cm³/mol. The molecule has 0 aliphatic carbocycles. The molecule has 0 unspecified atom stereocenters. The lowest BCUT2D eigenvalue weighted by Gasteiger charge is -2.06. The highest BCUT2D eigenvalue weighted by atomic mass is 19.1. The summed E-state index contributed by atoms with van der Waals surface area (Å²) < 4.78 is 20.3. The topological polar surface area (TPSA) is 27.1 Å². The summed E-state index contributed by atoms with van der Waals surface area (Å²) in [6.45, 7) is 0.482. The molecular formula is C11H11FN2O. The minimum Gasteiger partial charge on any atom is -0.497 e. The van der Waals surface area contributed by atoms with Gasteiger partial charge in [0, 0.05) is 24.0 Å². The van der Waals surface area contributed by atoms with E-state index in [1.807, 2.05) is 4.57 Å². The molecule has 0 aliphatic rings. The van der Waals surface area contributed by atoms with E-state index in [4.69, 9.17) is 4.74 Å². The van der Waals surface area contributed by atoms with E-state index >= 15 is 0 Å². The molecule has 0 radical (unpaired) electrons. The Labute approximate surface area is 87.1 Å². The van der Waals surface area contributed by atoms with Gasteiger partial charge in [0.2, 0.25) is 0 Å². The lowest BCUT2D eigenvalue weighted by atomic mass is 10.2. The molecule has 3 nitrogen and oxygen atoms in total. The van der Waals surface area contributed by atoms with Gasteiger partial charge in [-0.1, -0.05) is 6.07 Å². The number of methoxy groups -OCH3 is 1. The first-order valence-electron chi connectivity index (χ1n) is 4.58. The molecule has 0 atom stereocenters. The molecule has 0 saturated carbocycles.